The quantitative estimate of drug-likeness (QED) is 0.464. The van der Waals surface area contributed by atoms with Crippen LogP contribution >= 0.6 is 16.4 Å². The van der Waals surface area contributed by atoms with Gasteiger partial charge in [-0.1, -0.05) is 13.8 Å². The van der Waals surface area contributed by atoms with Gasteiger partial charge in [-0.25, -0.2) is 40.7 Å². The van der Waals surface area contributed by atoms with Crippen LogP contribution in [0.5, 0.6) is 0 Å². The fourth-order valence-corrected chi connectivity index (χ4v) is 1.92. The fourth-order valence-electron chi connectivity index (χ4n) is 0.750. The molecule has 0 nitrogen and oxygen atoms in total. The van der Waals surface area contributed by atoms with Gasteiger partial charge in [-0.2, -0.15) is 11.6 Å². The summed E-state index contributed by atoms with van der Waals surface area (Å²) in [5, 5.41) is 2.74. The Hall–Kier alpha value is 1.02. The molecule has 0 aromatic carbocycles. The topological polar surface area (TPSA) is 0 Å². The molecule has 0 saturated heterocycles. The summed E-state index contributed by atoms with van der Waals surface area (Å²) in [4.78, 5) is 0. The molecule has 0 spiro atoms. The van der Waals surface area contributed by atoms with Gasteiger partial charge in [-0.05, 0) is 0 Å². The van der Waals surface area contributed by atoms with Crippen LogP contribution in [0.2, 0.25) is 0 Å². The number of rotatable bonds is 0. The first-order valence-electron chi connectivity index (χ1n) is 3.82. The first kappa shape index (κ1) is 21.3. The van der Waals surface area contributed by atoms with Gasteiger partial charge in [0, 0.05) is 0 Å². The average Bonchev–Trinajstić information content (AvgIpc) is 2.63. The number of aryl methyl sites for hydroxylation is 2. The largest absolute Gasteiger partial charge is 4.00 e. The Kier molecular flexibility index (Phi) is 18.6. The molecule has 2 aromatic heterocycles. The summed E-state index contributed by atoms with van der Waals surface area (Å²) in [6.45, 7) is 4.19. The van der Waals surface area contributed by atoms with Crippen molar-refractivity contribution in [3.63, 3.8) is 0 Å². The standard InChI is InChI=1S/2C5H6P.2ClH.Zr/c2*1-5-3-2-4-6-5;;;/h2*2,4,6H,1H3;2*1H;/q2*-1;;;+4/p-2. The van der Waals surface area contributed by atoms with Gasteiger partial charge < -0.3 is 24.8 Å². The first-order chi connectivity index (χ1) is 5.79. The Bertz CT molecular complexity index is 261. The molecule has 2 heterocycles. The van der Waals surface area contributed by atoms with Gasteiger partial charge in [0.15, 0.2) is 0 Å². The van der Waals surface area contributed by atoms with Crippen LogP contribution in [-0.2, 0) is 26.2 Å². The number of hydrogen-bond donors (Lipinski definition) is 0. The summed E-state index contributed by atoms with van der Waals surface area (Å²) >= 11 is 0. The van der Waals surface area contributed by atoms with Crippen LogP contribution in [0, 0.1) is 26.0 Å². The molecule has 2 unspecified atom stereocenters. The second kappa shape index (κ2) is 13.1. The van der Waals surface area contributed by atoms with Gasteiger partial charge in [0.2, 0.25) is 0 Å². The van der Waals surface area contributed by atoms with Crippen molar-refractivity contribution in [1.82, 2.24) is 0 Å². The van der Waals surface area contributed by atoms with Gasteiger partial charge >= 0.3 is 26.2 Å². The van der Waals surface area contributed by atoms with E-state index >= 15 is 0 Å². The number of halogens is 2. The maximum atomic E-state index is 3.07. The van der Waals surface area contributed by atoms with Gasteiger partial charge in [0.05, 0.1) is 0 Å². The zero-order valence-corrected chi connectivity index (χ0v) is 14.5. The van der Waals surface area contributed by atoms with Crippen molar-refractivity contribution in [2.75, 3.05) is 0 Å². The third-order valence-electron chi connectivity index (χ3n) is 1.37. The Morgan fingerprint density at radius 2 is 1.20 bits per heavy atom. The molecule has 0 aliphatic heterocycles. The van der Waals surface area contributed by atoms with Crippen LogP contribution in [0.25, 0.3) is 0 Å². The Morgan fingerprint density at radius 3 is 1.27 bits per heavy atom. The zero-order chi connectivity index (χ0) is 8.81. The van der Waals surface area contributed by atoms with E-state index in [0.29, 0.717) is 0 Å². The van der Waals surface area contributed by atoms with Crippen molar-refractivity contribution < 1.29 is 51.0 Å². The van der Waals surface area contributed by atoms with Gasteiger partial charge in [-0.15, -0.1) is 10.6 Å². The number of hydrogen-bond acceptors (Lipinski definition) is 0. The molecular formula is C10H12Cl2P2Zr. The molecule has 0 bridgehead atoms. The molecule has 0 aliphatic rings. The van der Waals surface area contributed by atoms with Crippen molar-refractivity contribution in [3.05, 3.63) is 46.5 Å². The predicted molar refractivity (Wildman–Crippen MR) is 59.0 cm³/mol. The predicted octanol–water partition coefficient (Wildman–Crippen LogP) is -2.34. The summed E-state index contributed by atoms with van der Waals surface area (Å²) in [7, 11) is 1.81. The van der Waals surface area contributed by atoms with E-state index in [1.54, 1.807) is 0 Å². The second-order valence-electron chi connectivity index (χ2n) is 2.49. The van der Waals surface area contributed by atoms with E-state index in [4.69, 9.17) is 0 Å². The van der Waals surface area contributed by atoms with E-state index in [1.165, 1.54) is 10.6 Å². The van der Waals surface area contributed by atoms with Gasteiger partial charge in [0.1, 0.15) is 0 Å². The van der Waals surface area contributed by atoms with E-state index in [9.17, 15) is 0 Å². The third kappa shape index (κ3) is 11.3. The SMILES string of the molecule is Cc1[c-]cc[pH]1.Cc1[c-]cc[pH]1.[Cl-].[Cl-].[Zr+4]. The van der Waals surface area contributed by atoms with Crippen LogP contribution in [0.1, 0.15) is 10.6 Å². The molecule has 0 fully saturated rings. The van der Waals surface area contributed by atoms with Crippen LogP contribution < -0.4 is 24.8 Å². The van der Waals surface area contributed by atoms with E-state index in [2.05, 4.69) is 37.6 Å². The van der Waals surface area contributed by atoms with Crippen molar-refractivity contribution in [3.8, 4) is 0 Å². The minimum Gasteiger partial charge on any atom is -1.00 e. The summed E-state index contributed by atoms with van der Waals surface area (Å²) < 4.78 is 0. The van der Waals surface area contributed by atoms with Crippen molar-refractivity contribution in [1.29, 1.82) is 0 Å². The Balaban J connectivity index is -0.000000160. The average molecular weight is 356 g/mol. The summed E-state index contributed by atoms with van der Waals surface area (Å²) in [6.07, 6.45) is 0. The molecule has 0 N–H and O–H groups in total. The molecule has 15 heavy (non-hydrogen) atoms. The monoisotopic (exact) mass is 354 g/mol. The molecular weight excluding hydrogens is 344 g/mol. The van der Waals surface area contributed by atoms with Crippen LogP contribution in [0.4, 0.5) is 0 Å². The van der Waals surface area contributed by atoms with Gasteiger partial charge in [-0.3, -0.25) is 0 Å². The fraction of sp³-hybridized carbons (Fsp3) is 0.200. The smallest absolute Gasteiger partial charge is 1.00 e. The molecule has 2 rings (SSSR count). The van der Waals surface area contributed by atoms with Crippen molar-refractivity contribution in [2.45, 2.75) is 13.8 Å². The molecule has 0 saturated carbocycles. The summed E-state index contributed by atoms with van der Waals surface area (Å²) in [6, 6.07) is 10.1. The maximum Gasteiger partial charge on any atom is 4.00 e. The Morgan fingerprint density at radius 1 is 0.867 bits per heavy atom. The Labute approximate surface area is 127 Å². The molecule has 0 amide bonds. The molecule has 80 valence electrons. The van der Waals surface area contributed by atoms with Crippen LogP contribution in [0.15, 0.2) is 23.7 Å². The summed E-state index contributed by atoms with van der Waals surface area (Å²) in [5.74, 6) is 4.27. The first-order valence-corrected chi connectivity index (χ1v) is 5.98. The van der Waals surface area contributed by atoms with Crippen LogP contribution in [0.3, 0.4) is 0 Å². The maximum absolute atomic E-state index is 3.07. The van der Waals surface area contributed by atoms with E-state index in [0.717, 1.165) is 16.4 Å². The van der Waals surface area contributed by atoms with E-state index in [1.807, 2.05) is 12.1 Å². The molecule has 0 radical (unpaired) electrons. The summed E-state index contributed by atoms with van der Waals surface area (Å²) in [5.41, 5.74) is 0. The molecule has 5 heteroatoms. The second-order valence-corrected chi connectivity index (χ2v) is 5.24. The van der Waals surface area contributed by atoms with E-state index in [-0.39, 0.29) is 51.0 Å². The molecule has 0 aliphatic carbocycles. The molecule has 2 aromatic rings. The van der Waals surface area contributed by atoms with Gasteiger partial charge in [0.25, 0.3) is 0 Å². The molecule has 2 atom stereocenters. The normalized spacial score (nSPS) is 8.13. The van der Waals surface area contributed by atoms with Crippen LogP contribution in [-0.4, -0.2) is 0 Å². The third-order valence-corrected chi connectivity index (χ3v) is 3.19. The van der Waals surface area contributed by atoms with Crippen molar-refractivity contribution >= 4 is 16.4 Å². The van der Waals surface area contributed by atoms with Crippen molar-refractivity contribution in [2.24, 2.45) is 0 Å². The zero-order valence-electron chi connectivity index (χ0n) is 8.57. The minimum atomic E-state index is 0. The minimum absolute atomic E-state index is 0. The van der Waals surface area contributed by atoms with E-state index < -0.39 is 0 Å².